The molecule has 3 rings (SSSR count). The summed E-state index contributed by atoms with van der Waals surface area (Å²) in [6.07, 6.45) is 0.495. The zero-order valence-electron chi connectivity index (χ0n) is 18.8. The highest BCUT2D eigenvalue weighted by molar-refractivity contribution is 7.14. The van der Waals surface area contributed by atoms with Gasteiger partial charge in [0.15, 0.2) is 5.13 Å². The van der Waals surface area contributed by atoms with Gasteiger partial charge in [0.25, 0.3) is 5.91 Å². The van der Waals surface area contributed by atoms with E-state index >= 15 is 0 Å². The molecule has 0 saturated carbocycles. The second kappa shape index (κ2) is 11.1. The molecule has 170 valence electrons. The molecule has 2 amide bonds. The van der Waals surface area contributed by atoms with Gasteiger partial charge in [0.05, 0.1) is 11.8 Å². The monoisotopic (exact) mass is 454 g/mol. The van der Waals surface area contributed by atoms with Crippen LogP contribution < -0.4 is 15.5 Å². The Bertz CT molecular complexity index is 958. The maximum atomic E-state index is 12.7. The van der Waals surface area contributed by atoms with Crippen molar-refractivity contribution in [2.75, 3.05) is 44.7 Å². The second-order valence-electron chi connectivity index (χ2n) is 8.41. The van der Waals surface area contributed by atoms with Crippen LogP contribution in [-0.4, -0.2) is 67.5 Å². The standard InChI is InChI=1S/C23H30N6O2S/c1-16(2)14-19(22(31)25-9-8-24)26-21(30)18-6-4-17(5-7-18)20-15-32-23(27-20)29-12-10-28(3)11-13-29/h4-7,15-16,19H,9-14H2,1-3H3,(H,25,31)(H,26,30)/t19-/m0/s1. The number of carbonyl (C=O) groups excluding carboxylic acids is 2. The lowest BCUT2D eigenvalue weighted by molar-refractivity contribution is -0.123. The largest absolute Gasteiger partial charge is 0.346 e. The molecule has 32 heavy (non-hydrogen) atoms. The summed E-state index contributed by atoms with van der Waals surface area (Å²) < 4.78 is 0. The summed E-state index contributed by atoms with van der Waals surface area (Å²) in [5.74, 6) is -0.440. The molecule has 2 aromatic rings. The molecule has 0 radical (unpaired) electrons. The van der Waals surface area contributed by atoms with E-state index in [1.54, 1.807) is 23.5 Å². The predicted octanol–water partition coefficient (Wildman–Crippen LogP) is 2.35. The number of piperazine rings is 1. The average molecular weight is 455 g/mol. The molecule has 0 aliphatic carbocycles. The molecule has 1 aliphatic heterocycles. The zero-order valence-corrected chi connectivity index (χ0v) is 19.6. The smallest absolute Gasteiger partial charge is 0.251 e. The summed E-state index contributed by atoms with van der Waals surface area (Å²) in [5, 5.41) is 17.1. The van der Waals surface area contributed by atoms with E-state index in [9.17, 15) is 9.59 Å². The van der Waals surface area contributed by atoms with Crippen LogP contribution in [0.4, 0.5) is 5.13 Å². The molecule has 1 aromatic carbocycles. The normalized spacial score (nSPS) is 15.3. The van der Waals surface area contributed by atoms with Gasteiger partial charge in [-0.1, -0.05) is 26.0 Å². The van der Waals surface area contributed by atoms with Gasteiger partial charge in [-0.15, -0.1) is 11.3 Å². The highest BCUT2D eigenvalue weighted by atomic mass is 32.1. The molecule has 8 nitrogen and oxygen atoms in total. The Labute approximate surface area is 193 Å². The van der Waals surface area contributed by atoms with E-state index in [2.05, 4.69) is 27.5 Å². The van der Waals surface area contributed by atoms with Gasteiger partial charge in [0.2, 0.25) is 5.91 Å². The number of nitriles is 1. The number of nitrogens with one attached hydrogen (secondary N) is 2. The number of carbonyl (C=O) groups is 2. The number of rotatable bonds is 8. The number of amides is 2. The van der Waals surface area contributed by atoms with Gasteiger partial charge in [0.1, 0.15) is 12.6 Å². The van der Waals surface area contributed by atoms with Crippen LogP contribution in [0.3, 0.4) is 0 Å². The first kappa shape index (κ1) is 23.7. The van der Waals surface area contributed by atoms with E-state index in [0.717, 1.165) is 42.6 Å². The molecule has 1 aromatic heterocycles. The van der Waals surface area contributed by atoms with E-state index in [1.807, 2.05) is 37.4 Å². The molecule has 1 aliphatic rings. The van der Waals surface area contributed by atoms with Crippen molar-refractivity contribution in [2.45, 2.75) is 26.3 Å². The van der Waals surface area contributed by atoms with Gasteiger partial charge in [-0.3, -0.25) is 9.59 Å². The van der Waals surface area contributed by atoms with Crippen LogP contribution in [0.2, 0.25) is 0 Å². The summed E-state index contributed by atoms with van der Waals surface area (Å²) in [4.78, 5) is 34.4. The van der Waals surface area contributed by atoms with Crippen LogP contribution in [0, 0.1) is 17.2 Å². The van der Waals surface area contributed by atoms with Crippen molar-refractivity contribution in [1.82, 2.24) is 20.5 Å². The molecule has 1 fully saturated rings. The van der Waals surface area contributed by atoms with E-state index in [1.165, 1.54) is 0 Å². The van der Waals surface area contributed by atoms with Crippen molar-refractivity contribution in [2.24, 2.45) is 5.92 Å². The Kier molecular flexibility index (Phi) is 8.20. The van der Waals surface area contributed by atoms with E-state index in [4.69, 9.17) is 10.2 Å². The fourth-order valence-electron chi connectivity index (χ4n) is 3.53. The third-order valence-corrected chi connectivity index (χ3v) is 6.28. The topological polar surface area (TPSA) is 101 Å². The molecule has 0 spiro atoms. The minimum absolute atomic E-state index is 0.0816. The first-order valence-corrected chi connectivity index (χ1v) is 11.7. The number of nitrogens with zero attached hydrogens (tertiary/aromatic N) is 4. The zero-order chi connectivity index (χ0) is 23.1. The van der Waals surface area contributed by atoms with Crippen LogP contribution >= 0.6 is 11.3 Å². The van der Waals surface area contributed by atoms with Crippen LogP contribution in [0.1, 0.15) is 30.6 Å². The van der Waals surface area contributed by atoms with Crippen LogP contribution in [0.25, 0.3) is 11.3 Å². The summed E-state index contributed by atoms with van der Waals surface area (Å²) in [6.45, 7) is 7.90. The molecule has 2 heterocycles. The Balaban J connectivity index is 1.65. The number of hydrogen-bond donors (Lipinski definition) is 2. The molecular formula is C23H30N6O2S. The number of likely N-dealkylation sites (N-methyl/N-ethyl adjacent to an activating group) is 1. The molecule has 1 atom stereocenters. The minimum Gasteiger partial charge on any atom is -0.346 e. The van der Waals surface area contributed by atoms with Gasteiger partial charge >= 0.3 is 0 Å². The fraction of sp³-hybridized carbons (Fsp3) is 0.478. The summed E-state index contributed by atoms with van der Waals surface area (Å²) in [7, 11) is 2.13. The minimum atomic E-state index is -0.680. The van der Waals surface area contributed by atoms with Gasteiger partial charge in [-0.25, -0.2) is 4.98 Å². The number of aromatic nitrogens is 1. The Hall–Kier alpha value is -2.96. The van der Waals surface area contributed by atoms with Gasteiger partial charge in [-0.2, -0.15) is 5.26 Å². The van der Waals surface area contributed by atoms with E-state index in [0.29, 0.717) is 12.0 Å². The van der Waals surface area contributed by atoms with Crippen molar-refractivity contribution < 1.29 is 9.59 Å². The van der Waals surface area contributed by atoms with Crippen LogP contribution in [0.15, 0.2) is 29.6 Å². The van der Waals surface area contributed by atoms with Crippen LogP contribution in [0.5, 0.6) is 0 Å². The molecule has 2 N–H and O–H groups in total. The van der Waals surface area contributed by atoms with Gasteiger partial charge in [0, 0.05) is 42.7 Å². The lowest BCUT2D eigenvalue weighted by Crippen LogP contribution is -2.47. The molecule has 1 saturated heterocycles. The van der Waals surface area contributed by atoms with Crippen molar-refractivity contribution in [3.63, 3.8) is 0 Å². The molecule has 0 unspecified atom stereocenters. The van der Waals surface area contributed by atoms with Crippen molar-refractivity contribution in [1.29, 1.82) is 5.26 Å². The Morgan fingerprint density at radius 1 is 1.19 bits per heavy atom. The highest BCUT2D eigenvalue weighted by Gasteiger charge is 2.22. The SMILES string of the molecule is CC(C)C[C@H](NC(=O)c1ccc(-c2csc(N3CCN(C)CC3)n2)cc1)C(=O)NCC#N. The summed E-state index contributed by atoms with van der Waals surface area (Å²) >= 11 is 1.64. The lowest BCUT2D eigenvalue weighted by Gasteiger charge is -2.32. The first-order chi connectivity index (χ1) is 15.4. The predicted molar refractivity (Wildman–Crippen MR) is 127 cm³/mol. The highest BCUT2D eigenvalue weighted by Crippen LogP contribution is 2.28. The molecule has 9 heteroatoms. The van der Waals surface area contributed by atoms with E-state index < -0.39 is 6.04 Å². The van der Waals surface area contributed by atoms with Gasteiger partial charge in [-0.05, 0) is 31.5 Å². The Morgan fingerprint density at radius 2 is 1.88 bits per heavy atom. The van der Waals surface area contributed by atoms with E-state index in [-0.39, 0.29) is 24.3 Å². The quantitative estimate of drug-likeness (QED) is 0.594. The number of benzene rings is 1. The van der Waals surface area contributed by atoms with Crippen LogP contribution in [-0.2, 0) is 4.79 Å². The summed E-state index contributed by atoms with van der Waals surface area (Å²) in [5.41, 5.74) is 2.32. The molecule has 0 bridgehead atoms. The lowest BCUT2D eigenvalue weighted by atomic mass is 10.0. The average Bonchev–Trinajstić information content (AvgIpc) is 3.27. The van der Waals surface area contributed by atoms with Crippen molar-refractivity contribution >= 4 is 28.3 Å². The first-order valence-electron chi connectivity index (χ1n) is 10.8. The molecular weight excluding hydrogens is 424 g/mol. The third kappa shape index (κ3) is 6.28. The van der Waals surface area contributed by atoms with Crippen molar-refractivity contribution in [3.05, 3.63) is 35.2 Å². The van der Waals surface area contributed by atoms with Gasteiger partial charge < -0.3 is 20.4 Å². The Morgan fingerprint density at radius 3 is 2.50 bits per heavy atom. The maximum absolute atomic E-state index is 12.7. The fourth-order valence-corrected chi connectivity index (χ4v) is 4.42. The number of thiazole rings is 1. The third-order valence-electron chi connectivity index (χ3n) is 5.38. The second-order valence-corrected chi connectivity index (χ2v) is 9.25. The maximum Gasteiger partial charge on any atom is 0.251 e. The number of anilines is 1. The summed E-state index contributed by atoms with van der Waals surface area (Å²) in [6, 6.07) is 8.46. The number of hydrogen-bond acceptors (Lipinski definition) is 7. The van der Waals surface area contributed by atoms with Crippen molar-refractivity contribution in [3.8, 4) is 17.3 Å².